The molecule has 18 heavy (non-hydrogen) atoms. The quantitative estimate of drug-likeness (QED) is 0.792. The maximum absolute atomic E-state index is 12.7. The molecular weight excluding hydrogens is 224 g/mol. The zero-order valence-electron chi connectivity index (χ0n) is 12.5. The average molecular weight is 254 g/mol. The summed E-state index contributed by atoms with van der Waals surface area (Å²) in [6.45, 7) is 9.60. The SMILES string of the molecule is CCC(CC)N(CC(C)C)C(=O)[C@@H]1CC[C@@H](N)C1. The van der Waals surface area contributed by atoms with Crippen LogP contribution in [0.25, 0.3) is 0 Å². The second kappa shape index (κ2) is 7.13. The van der Waals surface area contributed by atoms with Crippen molar-refractivity contribution in [1.29, 1.82) is 0 Å². The van der Waals surface area contributed by atoms with Gasteiger partial charge in [0.1, 0.15) is 0 Å². The molecule has 1 fully saturated rings. The summed E-state index contributed by atoms with van der Waals surface area (Å²) in [7, 11) is 0. The van der Waals surface area contributed by atoms with Gasteiger partial charge in [0.05, 0.1) is 0 Å². The summed E-state index contributed by atoms with van der Waals surface area (Å²) < 4.78 is 0. The molecule has 0 spiro atoms. The minimum absolute atomic E-state index is 0.180. The fraction of sp³-hybridized carbons (Fsp3) is 0.933. The lowest BCUT2D eigenvalue weighted by molar-refractivity contribution is -0.138. The van der Waals surface area contributed by atoms with Crippen molar-refractivity contribution in [2.75, 3.05) is 6.54 Å². The van der Waals surface area contributed by atoms with E-state index >= 15 is 0 Å². The Balaban J connectivity index is 2.71. The molecule has 1 rings (SSSR count). The molecule has 0 saturated heterocycles. The van der Waals surface area contributed by atoms with Gasteiger partial charge in [0.25, 0.3) is 0 Å². The zero-order valence-corrected chi connectivity index (χ0v) is 12.5. The summed E-state index contributed by atoms with van der Waals surface area (Å²) in [6.07, 6.45) is 4.97. The third-order valence-electron chi connectivity index (χ3n) is 4.05. The van der Waals surface area contributed by atoms with Crippen LogP contribution in [-0.2, 0) is 4.79 Å². The Labute approximate surface area is 112 Å². The Hall–Kier alpha value is -0.570. The lowest BCUT2D eigenvalue weighted by Gasteiger charge is -2.34. The van der Waals surface area contributed by atoms with Crippen LogP contribution in [0.1, 0.15) is 59.8 Å². The van der Waals surface area contributed by atoms with Crippen LogP contribution in [0.4, 0.5) is 0 Å². The largest absolute Gasteiger partial charge is 0.339 e. The Kier molecular flexibility index (Phi) is 6.13. The summed E-state index contributed by atoms with van der Waals surface area (Å²) in [5.41, 5.74) is 5.93. The summed E-state index contributed by atoms with van der Waals surface area (Å²) in [4.78, 5) is 14.8. The maximum atomic E-state index is 12.7. The molecule has 0 radical (unpaired) electrons. The smallest absolute Gasteiger partial charge is 0.225 e. The van der Waals surface area contributed by atoms with E-state index in [4.69, 9.17) is 5.73 Å². The minimum Gasteiger partial charge on any atom is -0.339 e. The first-order valence-electron chi connectivity index (χ1n) is 7.55. The van der Waals surface area contributed by atoms with Gasteiger partial charge in [0, 0.05) is 24.5 Å². The highest BCUT2D eigenvalue weighted by atomic mass is 16.2. The van der Waals surface area contributed by atoms with Gasteiger partial charge < -0.3 is 10.6 Å². The second-order valence-electron chi connectivity index (χ2n) is 6.12. The van der Waals surface area contributed by atoms with Crippen molar-refractivity contribution in [3.8, 4) is 0 Å². The Morgan fingerprint density at radius 1 is 1.28 bits per heavy atom. The molecule has 1 saturated carbocycles. The van der Waals surface area contributed by atoms with Gasteiger partial charge in [-0.25, -0.2) is 0 Å². The van der Waals surface area contributed by atoms with E-state index in [2.05, 4.69) is 32.6 Å². The van der Waals surface area contributed by atoms with Crippen LogP contribution in [0, 0.1) is 11.8 Å². The molecule has 0 aliphatic heterocycles. The van der Waals surface area contributed by atoms with Crippen molar-refractivity contribution in [2.45, 2.75) is 71.9 Å². The molecule has 2 atom stereocenters. The Morgan fingerprint density at radius 2 is 1.89 bits per heavy atom. The number of carbonyl (C=O) groups is 1. The van der Waals surface area contributed by atoms with Gasteiger partial charge in [-0.3, -0.25) is 4.79 Å². The first-order valence-corrected chi connectivity index (χ1v) is 7.55. The molecule has 1 aliphatic carbocycles. The van der Waals surface area contributed by atoms with Gasteiger partial charge in [-0.05, 0) is 38.0 Å². The molecule has 1 amide bonds. The van der Waals surface area contributed by atoms with Crippen LogP contribution in [-0.4, -0.2) is 29.4 Å². The molecule has 0 heterocycles. The minimum atomic E-state index is 0.180. The summed E-state index contributed by atoms with van der Waals surface area (Å²) in [6, 6.07) is 0.637. The predicted octanol–water partition coefficient (Wildman–Crippen LogP) is 2.79. The first kappa shape index (κ1) is 15.5. The van der Waals surface area contributed by atoms with Gasteiger partial charge in [0.2, 0.25) is 5.91 Å². The topological polar surface area (TPSA) is 46.3 Å². The van der Waals surface area contributed by atoms with Crippen molar-refractivity contribution >= 4 is 5.91 Å². The number of hydrogen-bond acceptors (Lipinski definition) is 2. The molecular formula is C15H30N2O. The van der Waals surface area contributed by atoms with E-state index in [0.29, 0.717) is 17.9 Å². The highest BCUT2D eigenvalue weighted by molar-refractivity contribution is 5.79. The molecule has 0 aromatic rings. The summed E-state index contributed by atoms with van der Waals surface area (Å²) in [5, 5.41) is 0. The lowest BCUT2D eigenvalue weighted by atomic mass is 10.0. The molecule has 3 heteroatoms. The fourth-order valence-corrected chi connectivity index (χ4v) is 3.02. The number of amides is 1. The normalized spacial score (nSPS) is 23.9. The van der Waals surface area contributed by atoms with Crippen LogP contribution >= 0.6 is 0 Å². The molecule has 3 nitrogen and oxygen atoms in total. The molecule has 0 unspecified atom stereocenters. The average Bonchev–Trinajstić information content (AvgIpc) is 2.74. The van der Waals surface area contributed by atoms with E-state index in [1.54, 1.807) is 0 Å². The van der Waals surface area contributed by atoms with Crippen LogP contribution < -0.4 is 5.73 Å². The standard InChI is InChI=1S/C15H30N2O/c1-5-14(6-2)17(10-11(3)4)15(18)12-7-8-13(16)9-12/h11-14H,5-10,16H2,1-4H3/t12-,13-/m1/s1. The summed E-state index contributed by atoms with van der Waals surface area (Å²) >= 11 is 0. The molecule has 2 N–H and O–H groups in total. The maximum Gasteiger partial charge on any atom is 0.225 e. The van der Waals surface area contributed by atoms with E-state index in [0.717, 1.165) is 38.6 Å². The van der Waals surface area contributed by atoms with Crippen LogP contribution in [0.5, 0.6) is 0 Å². The molecule has 106 valence electrons. The van der Waals surface area contributed by atoms with E-state index < -0.39 is 0 Å². The van der Waals surface area contributed by atoms with Crippen molar-refractivity contribution in [2.24, 2.45) is 17.6 Å². The van der Waals surface area contributed by atoms with E-state index in [1.165, 1.54) is 0 Å². The van der Waals surface area contributed by atoms with Crippen LogP contribution in [0.3, 0.4) is 0 Å². The lowest BCUT2D eigenvalue weighted by Crippen LogP contribution is -2.44. The highest BCUT2D eigenvalue weighted by Gasteiger charge is 2.33. The monoisotopic (exact) mass is 254 g/mol. The highest BCUT2D eigenvalue weighted by Crippen LogP contribution is 2.28. The van der Waals surface area contributed by atoms with Gasteiger partial charge in [-0.1, -0.05) is 27.7 Å². The predicted molar refractivity (Wildman–Crippen MR) is 76.2 cm³/mol. The van der Waals surface area contributed by atoms with E-state index in [-0.39, 0.29) is 12.0 Å². The molecule has 0 bridgehead atoms. The van der Waals surface area contributed by atoms with Crippen molar-refractivity contribution in [3.05, 3.63) is 0 Å². The van der Waals surface area contributed by atoms with Gasteiger partial charge in [0.15, 0.2) is 0 Å². The molecule has 0 aromatic carbocycles. The van der Waals surface area contributed by atoms with Gasteiger partial charge in [-0.15, -0.1) is 0 Å². The van der Waals surface area contributed by atoms with E-state index in [1.807, 2.05) is 0 Å². The van der Waals surface area contributed by atoms with Crippen molar-refractivity contribution in [3.63, 3.8) is 0 Å². The number of rotatable bonds is 6. The Morgan fingerprint density at radius 3 is 2.28 bits per heavy atom. The summed E-state index contributed by atoms with van der Waals surface area (Å²) in [5.74, 6) is 1.06. The van der Waals surface area contributed by atoms with Crippen molar-refractivity contribution in [1.82, 2.24) is 4.90 Å². The number of hydrogen-bond donors (Lipinski definition) is 1. The number of carbonyl (C=O) groups excluding carboxylic acids is 1. The third-order valence-corrected chi connectivity index (χ3v) is 4.05. The first-order chi connectivity index (χ1) is 8.49. The third kappa shape index (κ3) is 3.98. The fourth-order valence-electron chi connectivity index (χ4n) is 3.02. The molecule has 0 aromatic heterocycles. The molecule has 1 aliphatic rings. The Bertz CT molecular complexity index is 261. The second-order valence-corrected chi connectivity index (χ2v) is 6.12. The number of nitrogens with zero attached hydrogens (tertiary/aromatic N) is 1. The van der Waals surface area contributed by atoms with Crippen LogP contribution in [0.15, 0.2) is 0 Å². The number of nitrogens with two attached hydrogens (primary N) is 1. The van der Waals surface area contributed by atoms with Gasteiger partial charge in [-0.2, -0.15) is 0 Å². The van der Waals surface area contributed by atoms with E-state index in [9.17, 15) is 4.79 Å². The van der Waals surface area contributed by atoms with Gasteiger partial charge >= 0.3 is 0 Å². The van der Waals surface area contributed by atoms with Crippen LogP contribution in [0.2, 0.25) is 0 Å². The zero-order chi connectivity index (χ0) is 13.7. The van der Waals surface area contributed by atoms with Crippen molar-refractivity contribution < 1.29 is 4.79 Å².